The SMILES string of the molecule is CC(=O)c1cccc(NC(=O)CN(Cc2ccccc2C)C(C)=O)c1. The first-order valence-electron chi connectivity index (χ1n) is 8.07. The van der Waals surface area contributed by atoms with E-state index in [1.54, 1.807) is 24.3 Å². The van der Waals surface area contributed by atoms with Crippen molar-refractivity contribution in [3.63, 3.8) is 0 Å². The van der Waals surface area contributed by atoms with Crippen LogP contribution in [0.15, 0.2) is 48.5 Å². The minimum absolute atomic E-state index is 0.0477. The second-order valence-electron chi connectivity index (χ2n) is 5.99. The van der Waals surface area contributed by atoms with Crippen LogP contribution in [-0.4, -0.2) is 29.0 Å². The van der Waals surface area contributed by atoms with Crippen LogP contribution in [0.5, 0.6) is 0 Å². The van der Waals surface area contributed by atoms with Gasteiger partial charge in [-0.1, -0.05) is 36.4 Å². The van der Waals surface area contributed by atoms with E-state index in [0.29, 0.717) is 17.8 Å². The van der Waals surface area contributed by atoms with Crippen LogP contribution in [0.1, 0.15) is 35.3 Å². The Hall–Kier alpha value is -2.95. The summed E-state index contributed by atoms with van der Waals surface area (Å²) >= 11 is 0. The second-order valence-corrected chi connectivity index (χ2v) is 5.99. The third-order valence-corrected chi connectivity index (χ3v) is 3.96. The van der Waals surface area contributed by atoms with Gasteiger partial charge in [0.25, 0.3) is 0 Å². The summed E-state index contributed by atoms with van der Waals surface area (Å²) < 4.78 is 0. The van der Waals surface area contributed by atoms with E-state index in [1.807, 2.05) is 31.2 Å². The van der Waals surface area contributed by atoms with E-state index in [1.165, 1.54) is 18.7 Å². The van der Waals surface area contributed by atoms with Gasteiger partial charge in [-0.2, -0.15) is 0 Å². The van der Waals surface area contributed by atoms with E-state index in [9.17, 15) is 14.4 Å². The van der Waals surface area contributed by atoms with Crippen LogP contribution in [0.25, 0.3) is 0 Å². The van der Waals surface area contributed by atoms with Gasteiger partial charge in [0.15, 0.2) is 5.78 Å². The summed E-state index contributed by atoms with van der Waals surface area (Å²) in [7, 11) is 0. The molecule has 0 aromatic heterocycles. The van der Waals surface area contributed by atoms with Crippen LogP contribution >= 0.6 is 0 Å². The molecule has 0 saturated heterocycles. The van der Waals surface area contributed by atoms with Crippen molar-refractivity contribution in [3.8, 4) is 0 Å². The molecule has 0 spiro atoms. The van der Waals surface area contributed by atoms with Crippen LogP contribution in [0, 0.1) is 6.92 Å². The van der Waals surface area contributed by atoms with Crippen LogP contribution in [0.2, 0.25) is 0 Å². The third kappa shape index (κ3) is 5.28. The first kappa shape index (κ1) is 18.4. The van der Waals surface area contributed by atoms with Crippen molar-refractivity contribution < 1.29 is 14.4 Å². The van der Waals surface area contributed by atoms with E-state index in [4.69, 9.17) is 0 Å². The molecular formula is C20H22N2O3. The number of hydrogen-bond donors (Lipinski definition) is 1. The molecule has 5 heteroatoms. The van der Waals surface area contributed by atoms with Gasteiger partial charge in [0.05, 0.1) is 0 Å². The molecule has 0 saturated carbocycles. The quantitative estimate of drug-likeness (QED) is 0.823. The molecule has 2 aromatic rings. The summed E-state index contributed by atoms with van der Waals surface area (Å²) in [5.74, 6) is -0.540. The summed E-state index contributed by atoms with van der Waals surface area (Å²) in [6.07, 6.45) is 0. The van der Waals surface area contributed by atoms with Gasteiger partial charge in [-0.25, -0.2) is 0 Å². The van der Waals surface area contributed by atoms with Gasteiger partial charge in [-0.3, -0.25) is 14.4 Å². The van der Waals surface area contributed by atoms with Gasteiger partial charge in [-0.05, 0) is 37.1 Å². The smallest absolute Gasteiger partial charge is 0.244 e. The maximum atomic E-state index is 12.3. The van der Waals surface area contributed by atoms with Crippen LogP contribution < -0.4 is 5.32 Å². The number of carbonyl (C=O) groups is 3. The molecular weight excluding hydrogens is 316 g/mol. The van der Waals surface area contributed by atoms with E-state index >= 15 is 0 Å². The lowest BCUT2D eigenvalue weighted by atomic mass is 10.1. The monoisotopic (exact) mass is 338 g/mol. The van der Waals surface area contributed by atoms with Crippen molar-refractivity contribution in [2.75, 3.05) is 11.9 Å². The minimum atomic E-state index is -0.301. The Balaban J connectivity index is 2.05. The molecule has 0 atom stereocenters. The van der Waals surface area contributed by atoms with E-state index < -0.39 is 0 Å². The number of benzene rings is 2. The number of nitrogens with zero attached hydrogens (tertiary/aromatic N) is 1. The molecule has 0 fully saturated rings. The third-order valence-electron chi connectivity index (χ3n) is 3.96. The molecule has 2 rings (SSSR count). The number of nitrogens with one attached hydrogen (secondary N) is 1. The van der Waals surface area contributed by atoms with Crippen molar-refractivity contribution in [1.29, 1.82) is 0 Å². The maximum absolute atomic E-state index is 12.3. The lowest BCUT2D eigenvalue weighted by Gasteiger charge is -2.21. The van der Waals surface area contributed by atoms with Crippen LogP contribution in [0.3, 0.4) is 0 Å². The molecule has 0 radical (unpaired) electrons. The zero-order valence-corrected chi connectivity index (χ0v) is 14.7. The van der Waals surface area contributed by atoms with Gasteiger partial charge in [0.2, 0.25) is 11.8 Å². The molecule has 2 aromatic carbocycles. The molecule has 0 bridgehead atoms. The van der Waals surface area contributed by atoms with Crippen molar-refractivity contribution in [2.24, 2.45) is 0 Å². The fraction of sp³-hybridized carbons (Fsp3) is 0.250. The molecule has 1 N–H and O–H groups in total. The lowest BCUT2D eigenvalue weighted by molar-refractivity contribution is -0.133. The van der Waals surface area contributed by atoms with Gasteiger partial charge in [0, 0.05) is 24.7 Å². The molecule has 0 aliphatic heterocycles. The van der Waals surface area contributed by atoms with E-state index in [0.717, 1.165) is 11.1 Å². The Morgan fingerprint density at radius 1 is 1.00 bits per heavy atom. The highest BCUT2D eigenvalue weighted by molar-refractivity contribution is 5.98. The number of amides is 2. The molecule has 0 aliphatic rings. The summed E-state index contributed by atoms with van der Waals surface area (Å²) in [6.45, 7) is 5.22. The average Bonchev–Trinajstić information content (AvgIpc) is 2.56. The number of Topliss-reactive ketones (excluding diaryl/α,β-unsaturated/α-hetero) is 1. The topological polar surface area (TPSA) is 66.5 Å². The molecule has 25 heavy (non-hydrogen) atoms. The highest BCUT2D eigenvalue weighted by Gasteiger charge is 2.15. The molecule has 0 aliphatic carbocycles. The first-order valence-corrected chi connectivity index (χ1v) is 8.07. The minimum Gasteiger partial charge on any atom is -0.329 e. The molecule has 0 unspecified atom stereocenters. The van der Waals surface area contributed by atoms with Crippen molar-refractivity contribution >= 4 is 23.3 Å². The Morgan fingerprint density at radius 3 is 2.36 bits per heavy atom. The van der Waals surface area contributed by atoms with E-state index in [2.05, 4.69) is 5.32 Å². The summed E-state index contributed by atoms with van der Waals surface area (Å²) in [6, 6.07) is 14.5. The predicted molar refractivity (Wildman–Crippen MR) is 97.3 cm³/mol. The highest BCUT2D eigenvalue weighted by atomic mass is 16.2. The number of ketones is 1. The van der Waals surface area contributed by atoms with Crippen molar-refractivity contribution in [3.05, 3.63) is 65.2 Å². The normalized spacial score (nSPS) is 10.2. The molecule has 5 nitrogen and oxygen atoms in total. The summed E-state index contributed by atoms with van der Waals surface area (Å²) in [5, 5.41) is 2.74. The van der Waals surface area contributed by atoms with Gasteiger partial charge >= 0.3 is 0 Å². The zero-order chi connectivity index (χ0) is 18.4. The number of aryl methyl sites for hydroxylation is 1. The maximum Gasteiger partial charge on any atom is 0.244 e. The number of anilines is 1. The first-order chi connectivity index (χ1) is 11.9. The number of carbonyl (C=O) groups excluding carboxylic acids is 3. The highest BCUT2D eigenvalue weighted by Crippen LogP contribution is 2.13. The fourth-order valence-electron chi connectivity index (χ4n) is 2.46. The molecule has 130 valence electrons. The van der Waals surface area contributed by atoms with Gasteiger partial charge in [-0.15, -0.1) is 0 Å². The molecule has 0 heterocycles. The Morgan fingerprint density at radius 2 is 1.72 bits per heavy atom. The Labute approximate surface area is 147 Å². The van der Waals surface area contributed by atoms with Crippen LogP contribution in [0.4, 0.5) is 5.69 Å². The fourth-order valence-corrected chi connectivity index (χ4v) is 2.46. The second kappa shape index (κ2) is 8.24. The van der Waals surface area contributed by atoms with Gasteiger partial charge < -0.3 is 10.2 Å². The van der Waals surface area contributed by atoms with Crippen molar-refractivity contribution in [1.82, 2.24) is 4.90 Å². The summed E-state index contributed by atoms with van der Waals surface area (Å²) in [4.78, 5) is 37.1. The predicted octanol–water partition coefficient (Wildman–Crippen LogP) is 3.18. The van der Waals surface area contributed by atoms with Crippen molar-refractivity contribution in [2.45, 2.75) is 27.3 Å². The summed E-state index contributed by atoms with van der Waals surface area (Å²) in [5.41, 5.74) is 3.14. The largest absolute Gasteiger partial charge is 0.329 e. The van der Waals surface area contributed by atoms with Crippen LogP contribution in [-0.2, 0) is 16.1 Å². The lowest BCUT2D eigenvalue weighted by Crippen LogP contribution is -2.36. The Kier molecular flexibility index (Phi) is 6.06. The Bertz CT molecular complexity index is 799. The van der Waals surface area contributed by atoms with E-state index in [-0.39, 0.29) is 24.1 Å². The van der Waals surface area contributed by atoms with Gasteiger partial charge in [0.1, 0.15) is 6.54 Å². The zero-order valence-electron chi connectivity index (χ0n) is 14.7. The number of hydrogen-bond acceptors (Lipinski definition) is 3. The standard InChI is InChI=1S/C20H22N2O3/c1-14-7-4-5-8-18(14)12-22(16(3)24)13-20(25)21-19-10-6-9-17(11-19)15(2)23/h4-11H,12-13H2,1-3H3,(H,21,25). The molecule has 2 amide bonds. The number of rotatable bonds is 6. The average molecular weight is 338 g/mol.